The fourth-order valence-electron chi connectivity index (χ4n) is 3.54. The number of amides is 4. The van der Waals surface area contributed by atoms with Crippen molar-refractivity contribution in [3.8, 4) is 11.4 Å². The van der Waals surface area contributed by atoms with Crippen LogP contribution in [0.3, 0.4) is 0 Å². The van der Waals surface area contributed by atoms with Gasteiger partial charge in [0.1, 0.15) is 11.3 Å². The van der Waals surface area contributed by atoms with Gasteiger partial charge in [0.2, 0.25) is 0 Å². The molecule has 0 radical (unpaired) electrons. The summed E-state index contributed by atoms with van der Waals surface area (Å²) in [7, 11) is 0. The van der Waals surface area contributed by atoms with Gasteiger partial charge in [-0.1, -0.05) is 19.1 Å². The fourth-order valence-corrected chi connectivity index (χ4v) is 3.54. The maximum Gasteiger partial charge on any atom is 0.335 e. The quantitative estimate of drug-likeness (QED) is 0.472. The molecule has 7 nitrogen and oxygen atoms in total. The van der Waals surface area contributed by atoms with Crippen LogP contribution in [-0.2, 0) is 16.0 Å². The molecule has 0 unspecified atom stereocenters. The van der Waals surface area contributed by atoms with Crippen LogP contribution in [0, 0.1) is 0 Å². The fraction of sp³-hybridized carbons (Fsp3) is 0.160. The van der Waals surface area contributed by atoms with E-state index in [1.165, 1.54) is 6.08 Å². The second-order valence-corrected chi connectivity index (χ2v) is 7.21. The van der Waals surface area contributed by atoms with Crippen molar-refractivity contribution >= 4 is 29.6 Å². The van der Waals surface area contributed by atoms with E-state index in [4.69, 9.17) is 4.74 Å². The van der Waals surface area contributed by atoms with Crippen molar-refractivity contribution in [3.63, 3.8) is 0 Å². The molecule has 0 spiro atoms. The summed E-state index contributed by atoms with van der Waals surface area (Å²) in [4.78, 5) is 39.1. The average molecular weight is 429 g/mol. The third-order valence-electron chi connectivity index (χ3n) is 5.20. The first-order valence-corrected chi connectivity index (χ1v) is 10.4. The lowest BCUT2D eigenvalue weighted by Gasteiger charge is -2.26. The summed E-state index contributed by atoms with van der Waals surface area (Å²) in [5.74, 6) is -0.628. The predicted octanol–water partition coefficient (Wildman–Crippen LogP) is 4.10. The Bertz CT molecular complexity index is 1190. The monoisotopic (exact) mass is 429 g/mol. The molecular weight excluding hydrogens is 406 g/mol. The molecule has 0 atom stereocenters. The zero-order valence-electron chi connectivity index (χ0n) is 17.9. The number of rotatable bonds is 6. The molecule has 4 rings (SSSR count). The second-order valence-electron chi connectivity index (χ2n) is 7.21. The van der Waals surface area contributed by atoms with E-state index >= 15 is 0 Å². The Kier molecular flexibility index (Phi) is 5.89. The number of carbonyl (C=O) groups excluding carboxylic acids is 3. The van der Waals surface area contributed by atoms with Crippen molar-refractivity contribution < 1.29 is 19.1 Å². The summed E-state index contributed by atoms with van der Waals surface area (Å²) in [6.07, 6.45) is 4.17. The number of nitrogens with one attached hydrogen (secondary N) is 1. The van der Waals surface area contributed by atoms with Gasteiger partial charge in [0.05, 0.1) is 12.3 Å². The van der Waals surface area contributed by atoms with E-state index in [1.54, 1.807) is 18.2 Å². The van der Waals surface area contributed by atoms with Crippen LogP contribution in [-0.4, -0.2) is 29.0 Å². The minimum Gasteiger partial charge on any atom is -0.494 e. The summed E-state index contributed by atoms with van der Waals surface area (Å²) in [5.41, 5.74) is 2.85. The SMILES string of the molecule is CCOc1ccc(-n2cccc2C=C2C(=O)NC(=O)N(c3ccc(CC)cc3)C2=O)cc1. The normalized spacial score (nSPS) is 15.2. The number of ether oxygens (including phenoxy) is 1. The molecule has 2 heterocycles. The first kappa shape index (κ1) is 21.1. The van der Waals surface area contributed by atoms with Crippen molar-refractivity contribution in [1.29, 1.82) is 0 Å². The van der Waals surface area contributed by atoms with Crippen molar-refractivity contribution in [2.75, 3.05) is 11.5 Å². The van der Waals surface area contributed by atoms with Crippen LogP contribution in [0.25, 0.3) is 11.8 Å². The van der Waals surface area contributed by atoms with Crippen molar-refractivity contribution in [1.82, 2.24) is 9.88 Å². The number of aryl methyl sites for hydroxylation is 1. The Morgan fingerprint density at radius 1 is 0.906 bits per heavy atom. The van der Waals surface area contributed by atoms with E-state index in [1.807, 2.05) is 67.1 Å². The van der Waals surface area contributed by atoms with Gasteiger partial charge < -0.3 is 9.30 Å². The van der Waals surface area contributed by atoms with Crippen LogP contribution in [0.2, 0.25) is 0 Å². The lowest BCUT2D eigenvalue weighted by molar-refractivity contribution is -0.122. The standard InChI is InChI=1S/C25H23N3O4/c1-3-17-7-9-19(10-8-17)28-24(30)22(23(29)26-25(28)31)16-20-6-5-15-27(20)18-11-13-21(14-12-18)32-4-2/h5-16H,3-4H2,1-2H3,(H,26,29,31). The number of carbonyl (C=O) groups is 3. The lowest BCUT2D eigenvalue weighted by Crippen LogP contribution is -2.54. The van der Waals surface area contributed by atoms with Crippen molar-refractivity contribution in [2.24, 2.45) is 0 Å². The lowest BCUT2D eigenvalue weighted by atomic mass is 10.1. The molecule has 1 saturated heterocycles. The molecule has 0 aliphatic carbocycles. The Balaban J connectivity index is 1.67. The number of barbiturate groups is 1. The smallest absolute Gasteiger partial charge is 0.335 e. The number of anilines is 1. The third-order valence-corrected chi connectivity index (χ3v) is 5.20. The number of nitrogens with zero attached hydrogens (tertiary/aromatic N) is 2. The van der Waals surface area contributed by atoms with Gasteiger partial charge in [0.25, 0.3) is 11.8 Å². The zero-order chi connectivity index (χ0) is 22.7. The average Bonchev–Trinajstić information content (AvgIpc) is 3.26. The summed E-state index contributed by atoms with van der Waals surface area (Å²) in [5, 5.41) is 2.26. The highest BCUT2D eigenvalue weighted by atomic mass is 16.5. The molecule has 7 heteroatoms. The van der Waals surface area contributed by atoms with Crippen LogP contribution in [0.5, 0.6) is 5.75 Å². The summed E-state index contributed by atoms with van der Waals surface area (Å²) in [6.45, 7) is 4.52. The van der Waals surface area contributed by atoms with Crippen molar-refractivity contribution in [3.05, 3.63) is 83.7 Å². The first-order valence-electron chi connectivity index (χ1n) is 10.4. The van der Waals surface area contributed by atoms with Crippen molar-refractivity contribution in [2.45, 2.75) is 20.3 Å². The summed E-state index contributed by atoms with van der Waals surface area (Å²) in [6, 6.07) is 17.5. The van der Waals surface area contributed by atoms with E-state index in [9.17, 15) is 14.4 Å². The van der Waals surface area contributed by atoms with Crippen LogP contribution in [0.1, 0.15) is 25.1 Å². The Morgan fingerprint density at radius 2 is 1.59 bits per heavy atom. The van der Waals surface area contributed by atoms with E-state index in [-0.39, 0.29) is 5.57 Å². The first-order chi connectivity index (χ1) is 15.5. The number of hydrogen-bond donors (Lipinski definition) is 1. The number of benzene rings is 2. The molecule has 4 amide bonds. The van der Waals surface area contributed by atoms with Gasteiger partial charge in [-0.2, -0.15) is 0 Å². The topological polar surface area (TPSA) is 80.6 Å². The number of hydrogen-bond acceptors (Lipinski definition) is 4. The predicted molar refractivity (Wildman–Crippen MR) is 122 cm³/mol. The van der Waals surface area contributed by atoms with E-state index < -0.39 is 17.8 Å². The minimum atomic E-state index is -0.761. The molecule has 3 aromatic rings. The second kappa shape index (κ2) is 8.93. The van der Waals surface area contributed by atoms with Crippen LogP contribution < -0.4 is 15.0 Å². The van der Waals surface area contributed by atoms with Gasteiger partial charge in [0.15, 0.2) is 0 Å². The van der Waals surface area contributed by atoms with Gasteiger partial charge >= 0.3 is 6.03 Å². The molecule has 162 valence electrons. The van der Waals surface area contributed by atoms with Crippen LogP contribution >= 0.6 is 0 Å². The molecule has 1 aliphatic rings. The molecule has 0 bridgehead atoms. The highest BCUT2D eigenvalue weighted by molar-refractivity contribution is 6.39. The third kappa shape index (κ3) is 4.05. The summed E-state index contributed by atoms with van der Waals surface area (Å²) < 4.78 is 7.33. The Labute approximate surface area is 185 Å². The molecule has 0 saturated carbocycles. The molecule has 1 N–H and O–H groups in total. The van der Waals surface area contributed by atoms with Gasteiger partial charge in [-0.15, -0.1) is 0 Å². The largest absolute Gasteiger partial charge is 0.494 e. The van der Waals surface area contributed by atoms with Gasteiger partial charge in [-0.05, 0) is 73.5 Å². The number of aromatic nitrogens is 1. The zero-order valence-corrected chi connectivity index (χ0v) is 17.9. The Morgan fingerprint density at radius 3 is 2.25 bits per heavy atom. The minimum absolute atomic E-state index is 0.116. The summed E-state index contributed by atoms with van der Waals surface area (Å²) >= 11 is 0. The number of imide groups is 2. The highest BCUT2D eigenvalue weighted by Gasteiger charge is 2.37. The van der Waals surface area contributed by atoms with E-state index in [0.29, 0.717) is 18.0 Å². The molecule has 1 aromatic heterocycles. The van der Waals surface area contributed by atoms with E-state index in [0.717, 1.165) is 28.3 Å². The van der Waals surface area contributed by atoms with E-state index in [2.05, 4.69) is 5.32 Å². The molecule has 32 heavy (non-hydrogen) atoms. The van der Waals surface area contributed by atoms with Crippen LogP contribution in [0.4, 0.5) is 10.5 Å². The number of urea groups is 1. The van der Waals surface area contributed by atoms with Gasteiger partial charge in [0, 0.05) is 17.6 Å². The molecule has 2 aromatic carbocycles. The molecular formula is C25H23N3O4. The molecule has 1 fully saturated rings. The highest BCUT2D eigenvalue weighted by Crippen LogP contribution is 2.24. The Hall–Kier alpha value is -4.13. The maximum atomic E-state index is 13.1. The maximum absolute atomic E-state index is 13.1. The van der Waals surface area contributed by atoms with Gasteiger partial charge in [-0.3, -0.25) is 14.9 Å². The molecule has 1 aliphatic heterocycles. The van der Waals surface area contributed by atoms with Gasteiger partial charge in [-0.25, -0.2) is 9.69 Å². The van der Waals surface area contributed by atoms with Crippen LogP contribution in [0.15, 0.2) is 72.4 Å².